The number of aromatic nitrogens is 2. The van der Waals surface area contributed by atoms with Crippen molar-refractivity contribution in [2.24, 2.45) is 0 Å². The molecule has 3 N–H and O–H groups in total. The molecule has 7 heteroatoms. The van der Waals surface area contributed by atoms with Crippen LogP contribution in [-0.2, 0) is 0 Å². The Morgan fingerprint density at radius 3 is 2.84 bits per heavy atom. The highest BCUT2D eigenvalue weighted by Gasteiger charge is 2.16. The van der Waals surface area contributed by atoms with E-state index in [0.717, 1.165) is 32.5 Å². The van der Waals surface area contributed by atoms with Gasteiger partial charge in [-0.15, -0.1) is 11.3 Å². The lowest BCUT2D eigenvalue weighted by atomic mass is 10.0. The van der Waals surface area contributed by atoms with E-state index in [1.54, 1.807) is 36.8 Å². The van der Waals surface area contributed by atoms with E-state index in [-0.39, 0.29) is 0 Å². The van der Waals surface area contributed by atoms with Crippen molar-refractivity contribution < 1.29 is 4.79 Å². The molecule has 0 atom stereocenters. The second-order valence-electron chi connectivity index (χ2n) is 5.30. The summed E-state index contributed by atoms with van der Waals surface area (Å²) in [7, 11) is 1.76. The fourth-order valence-electron chi connectivity index (χ4n) is 2.61. The number of hydrogen-bond donors (Lipinski definition) is 3. The molecular formula is C18H17N5OS. The number of fused-ring (bicyclic) bond motifs is 1. The lowest BCUT2D eigenvalue weighted by molar-refractivity contribution is 0.112. The molecule has 126 valence electrons. The van der Waals surface area contributed by atoms with E-state index in [1.165, 1.54) is 6.21 Å². The molecule has 0 bridgehead atoms. The van der Waals surface area contributed by atoms with Gasteiger partial charge in [-0.2, -0.15) is 0 Å². The van der Waals surface area contributed by atoms with Gasteiger partial charge in [0.25, 0.3) is 0 Å². The lowest BCUT2D eigenvalue weighted by Crippen LogP contribution is -2.08. The van der Waals surface area contributed by atoms with Crippen LogP contribution in [0.3, 0.4) is 0 Å². The summed E-state index contributed by atoms with van der Waals surface area (Å²) < 4.78 is 0.952. The molecule has 0 saturated heterocycles. The van der Waals surface area contributed by atoms with E-state index in [2.05, 4.69) is 20.6 Å². The molecular weight excluding hydrogens is 334 g/mol. The first-order valence-corrected chi connectivity index (χ1v) is 8.45. The molecule has 3 aromatic rings. The normalized spacial score (nSPS) is 11.4. The van der Waals surface area contributed by atoms with E-state index in [4.69, 9.17) is 5.41 Å². The maximum absolute atomic E-state index is 11.4. The van der Waals surface area contributed by atoms with Crippen molar-refractivity contribution in [2.45, 2.75) is 6.92 Å². The number of hydrogen-bond acceptors (Lipinski definition) is 7. The van der Waals surface area contributed by atoms with Gasteiger partial charge in [0, 0.05) is 35.5 Å². The van der Waals surface area contributed by atoms with Gasteiger partial charge in [-0.3, -0.25) is 4.79 Å². The highest BCUT2D eigenvalue weighted by Crippen LogP contribution is 2.38. The quantitative estimate of drug-likeness (QED) is 0.466. The summed E-state index contributed by atoms with van der Waals surface area (Å²) in [6.07, 6.45) is 5.46. The minimum absolute atomic E-state index is 0.403. The van der Waals surface area contributed by atoms with Gasteiger partial charge in [0.1, 0.15) is 0 Å². The van der Waals surface area contributed by atoms with Crippen molar-refractivity contribution >= 4 is 40.0 Å². The predicted octanol–water partition coefficient (Wildman–Crippen LogP) is 3.60. The Morgan fingerprint density at radius 1 is 1.32 bits per heavy atom. The number of rotatable bonds is 6. The SMILES string of the molecule is CN/C=C(\C=N)Nc1ncc2sc(C)c(-c3ccccc3C=O)c2n1. The zero-order valence-electron chi connectivity index (χ0n) is 13.8. The van der Waals surface area contributed by atoms with E-state index >= 15 is 0 Å². The largest absolute Gasteiger partial charge is 0.392 e. The molecule has 2 aromatic heterocycles. The number of carbonyl (C=O) groups is 1. The maximum atomic E-state index is 11.4. The number of nitrogens with one attached hydrogen (secondary N) is 3. The van der Waals surface area contributed by atoms with Crippen LogP contribution in [0, 0.1) is 12.3 Å². The summed E-state index contributed by atoms with van der Waals surface area (Å²) in [4.78, 5) is 21.4. The van der Waals surface area contributed by atoms with Crippen molar-refractivity contribution in [3.63, 3.8) is 0 Å². The van der Waals surface area contributed by atoms with E-state index in [1.807, 2.05) is 25.1 Å². The van der Waals surface area contributed by atoms with Crippen LogP contribution >= 0.6 is 11.3 Å². The smallest absolute Gasteiger partial charge is 0.227 e. The molecule has 0 aliphatic heterocycles. The summed E-state index contributed by atoms with van der Waals surface area (Å²) >= 11 is 1.60. The Morgan fingerprint density at radius 2 is 2.12 bits per heavy atom. The van der Waals surface area contributed by atoms with Crippen LogP contribution in [0.2, 0.25) is 0 Å². The van der Waals surface area contributed by atoms with Crippen LogP contribution in [0.5, 0.6) is 0 Å². The monoisotopic (exact) mass is 351 g/mol. The second kappa shape index (κ2) is 7.23. The van der Waals surface area contributed by atoms with Crippen LogP contribution < -0.4 is 10.6 Å². The molecule has 25 heavy (non-hydrogen) atoms. The first-order valence-electron chi connectivity index (χ1n) is 7.63. The third-order valence-electron chi connectivity index (χ3n) is 3.68. The average molecular weight is 351 g/mol. The standard InChI is InChI=1S/C18H17N5OS/c1-11-16(14-6-4-3-5-12(14)10-24)17-15(25-11)9-21-18(23-17)22-13(7-19)8-20-2/h3-10,19-20H,1-2H3,(H,21,22,23)/b13-8+,19-7?. The van der Waals surface area contributed by atoms with Crippen LogP contribution in [0.1, 0.15) is 15.2 Å². The number of thiophene rings is 1. The van der Waals surface area contributed by atoms with Gasteiger partial charge in [0.15, 0.2) is 6.29 Å². The second-order valence-corrected chi connectivity index (χ2v) is 6.56. The molecule has 1 aromatic carbocycles. The summed E-state index contributed by atoms with van der Waals surface area (Å²) in [5.74, 6) is 0.403. The number of carbonyl (C=O) groups excluding carboxylic acids is 1. The Hall–Kier alpha value is -3.06. The fraction of sp³-hybridized carbons (Fsp3) is 0.111. The van der Waals surface area contributed by atoms with Crippen molar-refractivity contribution in [3.05, 3.63) is 52.8 Å². The van der Waals surface area contributed by atoms with Crippen LogP contribution in [0.4, 0.5) is 5.95 Å². The molecule has 0 saturated carbocycles. The minimum Gasteiger partial charge on any atom is -0.392 e. The number of aldehydes is 1. The van der Waals surface area contributed by atoms with Gasteiger partial charge >= 0.3 is 0 Å². The molecule has 3 rings (SSSR count). The third-order valence-corrected chi connectivity index (χ3v) is 4.70. The van der Waals surface area contributed by atoms with Crippen molar-refractivity contribution in [3.8, 4) is 11.1 Å². The van der Waals surface area contributed by atoms with Gasteiger partial charge in [-0.25, -0.2) is 9.97 Å². The molecule has 0 amide bonds. The molecule has 0 aliphatic carbocycles. The van der Waals surface area contributed by atoms with Gasteiger partial charge in [0.05, 0.1) is 22.1 Å². The van der Waals surface area contributed by atoms with Gasteiger partial charge in [0.2, 0.25) is 5.95 Å². The molecule has 0 fully saturated rings. The minimum atomic E-state index is 0.403. The van der Waals surface area contributed by atoms with Gasteiger partial charge in [-0.1, -0.05) is 24.3 Å². The highest BCUT2D eigenvalue weighted by molar-refractivity contribution is 7.19. The summed E-state index contributed by atoms with van der Waals surface area (Å²) in [6.45, 7) is 2.01. The molecule has 0 unspecified atom stereocenters. The maximum Gasteiger partial charge on any atom is 0.227 e. The summed E-state index contributed by atoms with van der Waals surface area (Å²) in [5, 5.41) is 13.3. The van der Waals surface area contributed by atoms with Crippen LogP contribution in [0.15, 0.2) is 42.4 Å². The summed E-state index contributed by atoms with van der Waals surface area (Å²) in [6, 6.07) is 7.48. The van der Waals surface area contributed by atoms with Gasteiger partial charge < -0.3 is 16.0 Å². The zero-order valence-corrected chi connectivity index (χ0v) is 14.6. The first kappa shape index (κ1) is 16.8. The fourth-order valence-corrected chi connectivity index (χ4v) is 3.60. The Bertz CT molecular complexity index is 977. The van der Waals surface area contributed by atoms with Crippen molar-refractivity contribution in [1.29, 1.82) is 5.41 Å². The van der Waals surface area contributed by atoms with Crippen LogP contribution in [-0.4, -0.2) is 29.5 Å². The predicted molar refractivity (Wildman–Crippen MR) is 103 cm³/mol. The molecule has 0 radical (unpaired) electrons. The first-order chi connectivity index (χ1) is 12.2. The number of benzene rings is 1. The Labute approximate surface area is 149 Å². The molecule has 0 aliphatic rings. The number of allylic oxidation sites excluding steroid dienone is 1. The lowest BCUT2D eigenvalue weighted by Gasteiger charge is -2.07. The van der Waals surface area contributed by atoms with E-state index < -0.39 is 0 Å². The average Bonchev–Trinajstić information content (AvgIpc) is 2.96. The number of nitrogens with zero attached hydrogens (tertiary/aromatic N) is 2. The van der Waals surface area contributed by atoms with Crippen LogP contribution in [0.25, 0.3) is 21.3 Å². The van der Waals surface area contributed by atoms with Crippen molar-refractivity contribution in [2.75, 3.05) is 12.4 Å². The molecule has 0 spiro atoms. The number of aryl methyl sites for hydroxylation is 1. The number of anilines is 1. The molecule has 2 heterocycles. The molecule has 6 nitrogen and oxygen atoms in total. The highest BCUT2D eigenvalue weighted by atomic mass is 32.1. The van der Waals surface area contributed by atoms with E-state index in [0.29, 0.717) is 17.2 Å². The van der Waals surface area contributed by atoms with E-state index in [9.17, 15) is 4.79 Å². The topological polar surface area (TPSA) is 90.8 Å². The Kier molecular flexibility index (Phi) is 4.85. The summed E-state index contributed by atoms with van der Waals surface area (Å²) in [5.41, 5.74) is 3.78. The Balaban J connectivity index is 2.15. The van der Waals surface area contributed by atoms with Gasteiger partial charge in [-0.05, 0) is 12.5 Å². The third kappa shape index (κ3) is 3.27. The zero-order chi connectivity index (χ0) is 17.8. The van der Waals surface area contributed by atoms with Crippen molar-refractivity contribution in [1.82, 2.24) is 15.3 Å².